The lowest BCUT2D eigenvalue weighted by Gasteiger charge is -2.23. The first kappa shape index (κ1) is 11.0. The maximum Gasteiger partial charge on any atom is 0.0440 e. The van der Waals surface area contributed by atoms with Gasteiger partial charge in [0.05, 0.1) is 0 Å². The van der Waals surface area contributed by atoms with Crippen molar-refractivity contribution in [3.05, 3.63) is 53.3 Å². The Labute approximate surface area is 98.1 Å². The molecule has 0 saturated heterocycles. The van der Waals surface area contributed by atoms with E-state index in [0.29, 0.717) is 0 Å². The van der Waals surface area contributed by atoms with Crippen LogP contribution in [0.2, 0.25) is 0 Å². The summed E-state index contributed by atoms with van der Waals surface area (Å²) in [7, 11) is 2.16. The van der Waals surface area contributed by atoms with Crippen molar-refractivity contribution < 1.29 is 0 Å². The van der Waals surface area contributed by atoms with Gasteiger partial charge in [0.2, 0.25) is 0 Å². The molecule has 0 aromatic heterocycles. The van der Waals surface area contributed by atoms with Crippen molar-refractivity contribution in [1.29, 1.82) is 0 Å². The van der Waals surface area contributed by atoms with Crippen molar-refractivity contribution in [1.82, 2.24) is 0 Å². The third-order valence-corrected chi connectivity index (χ3v) is 3.33. The summed E-state index contributed by atoms with van der Waals surface area (Å²) in [5.74, 6) is 0. The molecule has 1 aliphatic heterocycles. The highest BCUT2D eigenvalue weighted by atomic mass is 15.1. The fraction of sp³-hybridized carbons (Fsp3) is 0.333. The smallest absolute Gasteiger partial charge is 0.0440 e. The van der Waals surface area contributed by atoms with Crippen molar-refractivity contribution in [3.63, 3.8) is 0 Å². The average molecular weight is 213 g/mol. The highest BCUT2D eigenvalue weighted by molar-refractivity contribution is 5.62. The topological polar surface area (TPSA) is 3.24 Å². The third-order valence-electron chi connectivity index (χ3n) is 3.33. The Morgan fingerprint density at radius 1 is 1.06 bits per heavy atom. The number of likely N-dealkylation sites (N-methyl/N-ethyl adjacent to an activating group) is 1. The molecule has 0 unspecified atom stereocenters. The van der Waals surface area contributed by atoms with Gasteiger partial charge in [-0.15, -0.1) is 0 Å². The molecule has 2 rings (SSSR count). The number of hydrogen-bond acceptors (Lipinski definition) is 1. The van der Waals surface area contributed by atoms with E-state index in [2.05, 4.69) is 62.2 Å². The molecule has 1 aromatic carbocycles. The van der Waals surface area contributed by atoms with Crippen LogP contribution in [0.1, 0.15) is 25.8 Å². The van der Waals surface area contributed by atoms with Crippen LogP contribution < -0.4 is 4.90 Å². The lowest BCUT2D eigenvalue weighted by Crippen LogP contribution is -2.17. The van der Waals surface area contributed by atoms with Crippen LogP contribution in [0.25, 0.3) is 0 Å². The molecule has 1 aliphatic rings. The number of anilines is 1. The predicted molar refractivity (Wildman–Crippen MR) is 70.7 cm³/mol. The molecule has 0 amide bonds. The predicted octanol–water partition coefficient (Wildman–Crippen LogP) is 3.92. The van der Waals surface area contributed by atoms with Gasteiger partial charge in [-0.1, -0.05) is 30.4 Å². The second kappa shape index (κ2) is 4.56. The molecule has 1 nitrogen and oxygen atoms in total. The van der Waals surface area contributed by atoms with E-state index in [1.165, 1.54) is 22.5 Å². The number of benzene rings is 1. The number of fused-ring (bicyclic) bond motifs is 1. The monoisotopic (exact) mass is 213 g/mol. The van der Waals surface area contributed by atoms with Crippen molar-refractivity contribution in [2.75, 3.05) is 11.9 Å². The van der Waals surface area contributed by atoms with Crippen LogP contribution in [0.15, 0.2) is 47.7 Å². The van der Waals surface area contributed by atoms with Crippen molar-refractivity contribution in [2.24, 2.45) is 0 Å². The Bertz CT molecular complexity index is 441. The number of para-hydroxylation sites is 1. The van der Waals surface area contributed by atoms with Crippen molar-refractivity contribution in [3.8, 4) is 0 Å². The second-order valence-electron chi connectivity index (χ2n) is 4.18. The molecule has 84 valence electrons. The minimum absolute atomic E-state index is 1.14. The largest absolute Gasteiger partial charge is 0.344 e. The van der Waals surface area contributed by atoms with E-state index in [0.717, 1.165) is 12.8 Å². The summed E-state index contributed by atoms with van der Waals surface area (Å²) in [5, 5.41) is 0. The lowest BCUT2D eigenvalue weighted by molar-refractivity contribution is 0.962. The fourth-order valence-electron chi connectivity index (χ4n) is 2.46. The van der Waals surface area contributed by atoms with Gasteiger partial charge in [0.25, 0.3) is 0 Å². The molecule has 1 aromatic rings. The molecule has 0 spiro atoms. The zero-order chi connectivity index (χ0) is 11.5. The van der Waals surface area contributed by atoms with Gasteiger partial charge < -0.3 is 4.90 Å². The third kappa shape index (κ3) is 1.78. The van der Waals surface area contributed by atoms with E-state index in [4.69, 9.17) is 0 Å². The van der Waals surface area contributed by atoms with E-state index in [-0.39, 0.29) is 0 Å². The molecule has 0 aliphatic carbocycles. The maximum absolute atomic E-state index is 2.30. The van der Waals surface area contributed by atoms with E-state index in [1.54, 1.807) is 0 Å². The number of allylic oxidation sites excluding steroid dienone is 3. The molecule has 0 fully saturated rings. The van der Waals surface area contributed by atoms with Gasteiger partial charge >= 0.3 is 0 Å². The molecule has 0 bridgehead atoms. The summed E-state index contributed by atoms with van der Waals surface area (Å²) in [6.45, 7) is 4.24. The summed E-state index contributed by atoms with van der Waals surface area (Å²) in [6, 6.07) is 8.68. The number of hydrogen-bond donors (Lipinski definition) is 0. The first-order chi connectivity index (χ1) is 7.77. The zero-order valence-electron chi connectivity index (χ0n) is 10.3. The van der Waals surface area contributed by atoms with Crippen LogP contribution in [0.3, 0.4) is 0 Å². The SMILES string of the molecule is C/C=C1/CCc2ccccc2N(C)/C1=C/C. The second-order valence-corrected chi connectivity index (χ2v) is 4.18. The van der Waals surface area contributed by atoms with Crippen molar-refractivity contribution in [2.45, 2.75) is 26.7 Å². The Hall–Kier alpha value is -1.50. The summed E-state index contributed by atoms with van der Waals surface area (Å²) in [5.41, 5.74) is 5.57. The summed E-state index contributed by atoms with van der Waals surface area (Å²) in [6.07, 6.45) is 6.71. The lowest BCUT2D eigenvalue weighted by atomic mass is 10.0. The standard InChI is InChI=1S/C15H19N/c1-4-12-10-11-13-8-6-7-9-15(13)16(3)14(12)5-2/h4-9H,10-11H2,1-3H3/b12-4-,14-5+. The van der Waals surface area contributed by atoms with E-state index in [9.17, 15) is 0 Å². The van der Waals surface area contributed by atoms with E-state index in [1.807, 2.05) is 0 Å². The molecular formula is C15H19N. The molecule has 1 heteroatoms. The van der Waals surface area contributed by atoms with Crippen LogP contribution >= 0.6 is 0 Å². The van der Waals surface area contributed by atoms with E-state index >= 15 is 0 Å². The molecule has 16 heavy (non-hydrogen) atoms. The number of rotatable bonds is 0. The zero-order valence-corrected chi connectivity index (χ0v) is 10.3. The van der Waals surface area contributed by atoms with Gasteiger partial charge in [-0.3, -0.25) is 0 Å². The minimum Gasteiger partial charge on any atom is -0.344 e. The Morgan fingerprint density at radius 3 is 2.50 bits per heavy atom. The van der Waals surface area contributed by atoms with Crippen molar-refractivity contribution >= 4 is 5.69 Å². The van der Waals surface area contributed by atoms with Gasteiger partial charge in [-0.2, -0.15) is 0 Å². The summed E-state index contributed by atoms with van der Waals surface area (Å²) in [4.78, 5) is 2.30. The van der Waals surface area contributed by atoms with Gasteiger partial charge in [0.1, 0.15) is 0 Å². The first-order valence-electron chi connectivity index (χ1n) is 5.91. The number of nitrogens with zero attached hydrogens (tertiary/aromatic N) is 1. The average Bonchev–Trinajstić information content (AvgIpc) is 2.46. The van der Waals surface area contributed by atoms with Crippen LogP contribution in [0.4, 0.5) is 5.69 Å². The highest BCUT2D eigenvalue weighted by Gasteiger charge is 2.17. The Balaban J connectivity index is 2.52. The maximum atomic E-state index is 2.30. The first-order valence-corrected chi connectivity index (χ1v) is 5.91. The molecule has 0 atom stereocenters. The van der Waals surface area contributed by atoms with Gasteiger partial charge in [0, 0.05) is 18.4 Å². The van der Waals surface area contributed by atoms with Crippen LogP contribution in [-0.4, -0.2) is 7.05 Å². The molecule has 0 radical (unpaired) electrons. The quantitative estimate of drug-likeness (QED) is 0.631. The van der Waals surface area contributed by atoms with Gasteiger partial charge in [-0.25, -0.2) is 0 Å². The molecule has 0 saturated carbocycles. The van der Waals surface area contributed by atoms with Gasteiger partial charge in [-0.05, 0) is 43.9 Å². The normalized spacial score (nSPS) is 21.1. The Kier molecular flexibility index (Phi) is 3.14. The fourth-order valence-corrected chi connectivity index (χ4v) is 2.46. The Morgan fingerprint density at radius 2 is 1.81 bits per heavy atom. The molecule has 1 heterocycles. The van der Waals surface area contributed by atoms with Gasteiger partial charge in [0.15, 0.2) is 0 Å². The molecule has 0 N–H and O–H groups in total. The van der Waals surface area contributed by atoms with E-state index < -0.39 is 0 Å². The summed E-state index contributed by atoms with van der Waals surface area (Å²) >= 11 is 0. The molecular weight excluding hydrogens is 194 g/mol. The highest BCUT2D eigenvalue weighted by Crippen LogP contribution is 2.32. The van der Waals surface area contributed by atoms with Crippen LogP contribution in [-0.2, 0) is 6.42 Å². The van der Waals surface area contributed by atoms with Crippen LogP contribution in [0.5, 0.6) is 0 Å². The number of aryl methyl sites for hydroxylation is 1. The minimum atomic E-state index is 1.14. The summed E-state index contributed by atoms with van der Waals surface area (Å²) < 4.78 is 0. The van der Waals surface area contributed by atoms with Crippen LogP contribution in [0, 0.1) is 0 Å².